The van der Waals surface area contributed by atoms with E-state index in [4.69, 9.17) is 10.5 Å². The molecular formula is C15H24ClNO3. The lowest BCUT2D eigenvalue weighted by molar-refractivity contribution is -0.154. The number of ether oxygens (including phenoxy) is 1. The van der Waals surface area contributed by atoms with Crippen molar-refractivity contribution in [3.63, 3.8) is 0 Å². The maximum absolute atomic E-state index is 11.4. The minimum atomic E-state index is -1.19. The van der Waals surface area contributed by atoms with Gasteiger partial charge in [0.2, 0.25) is 5.60 Å². The highest BCUT2D eigenvalue weighted by atomic mass is 35.5. The maximum atomic E-state index is 11.4. The zero-order chi connectivity index (χ0) is 14.6. The Kier molecular flexibility index (Phi) is 7.03. The average Bonchev–Trinajstić information content (AvgIpc) is 2.33. The Bertz CT molecular complexity index is 453. The molecule has 0 fully saturated rings. The molecule has 0 aromatic heterocycles. The molecule has 1 atom stereocenters. The van der Waals surface area contributed by atoms with Crippen molar-refractivity contribution in [2.75, 3.05) is 0 Å². The standard InChI is InChI=1S/C15H23NO3.ClH/c1-5-6-15(4,14(17)18)19-13-10(2)7-12(9-16)8-11(13)3;/h7-8H,5-6,9,16H2,1-4H3,(H,17,18);1H. The number of nitrogens with two attached hydrogens (primary N) is 1. The molecule has 0 saturated heterocycles. The second-order valence-electron chi connectivity index (χ2n) is 5.15. The number of aryl methyl sites for hydroxylation is 2. The van der Waals surface area contributed by atoms with Crippen molar-refractivity contribution in [1.82, 2.24) is 0 Å². The van der Waals surface area contributed by atoms with Gasteiger partial charge < -0.3 is 15.6 Å². The quantitative estimate of drug-likeness (QED) is 0.846. The van der Waals surface area contributed by atoms with Gasteiger partial charge in [0.15, 0.2) is 0 Å². The normalized spacial score (nSPS) is 13.2. The molecule has 1 rings (SSSR count). The molecule has 114 valence electrons. The van der Waals surface area contributed by atoms with Crippen LogP contribution in [0.3, 0.4) is 0 Å². The van der Waals surface area contributed by atoms with Crippen LogP contribution in [0.25, 0.3) is 0 Å². The highest BCUT2D eigenvalue weighted by Crippen LogP contribution is 2.30. The molecule has 1 aromatic carbocycles. The number of carbonyl (C=O) groups is 1. The van der Waals surface area contributed by atoms with Gasteiger partial charge in [0.25, 0.3) is 0 Å². The van der Waals surface area contributed by atoms with Gasteiger partial charge in [0.05, 0.1) is 0 Å². The SMILES string of the molecule is CCCC(C)(Oc1c(C)cc(CN)cc1C)C(=O)O.Cl. The van der Waals surface area contributed by atoms with Gasteiger partial charge in [-0.3, -0.25) is 0 Å². The molecule has 1 unspecified atom stereocenters. The first-order valence-corrected chi connectivity index (χ1v) is 6.56. The lowest BCUT2D eigenvalue weighted by atomic mass is 9.99. The Labute approximate surface area is 126 Å². The third-order valence-electron chi connectivity index (χ3n) is 3.26. The summed E-state index contributed by atoms with van der Waals surface area (Å²) in [5.41, 5.74) is 7.30. The minimum Gasteiger partial charge on any atom is -0.478 e. The molecule has 0 radical (unpaired) electrons. The number of hydrogen-bond acceptors (Lipinski definition) is 3. The first-order chi connectivity index (χ1) is 8.84. The van der Waals surface area contributed by atoms with Crippen LogP contribution in [0.5, 0.6) is 5.75 Å². The summed E-state index contributed by atoms with van der Waals surface area (Å²) >= 11 is 0. The lowest BCUT2D eigenvalue weighted by Gasteiger charge is -2.28. The van der Waals surface area contributed by atoms with Crippen LogP contribution in [0.4, 0.5) is 0 Å². The van der Waals surface area contributed by atoms with Crippen molar-refractivity contribution >= 4 is 18.4 Å². The summed E-state index contributed by atoms with van der Waals surface area (Å²) in [7, 11) is 0. The summed E-state index contributed by atoms with van der Waals surface area (Å²) in [5.74, 6) is -0.286. The predicted octanol–water partition coefficient (Wildman–Crippen LogP) is 3.21. The maximum Gasteiger partial charge on any atom is 0.347 e. The minimum absolute atomic E-state index is 0. The Hall–Kier alpha value is -1.26. The Morgan fingerprint density at radius 3 is 2.20 bits per heavy atom. The highest BCUT2D eigenvalue weighted by Gasteiger charge is 2.35. The third-order valence-corrected chi connectivity index (χ3v) is 3.26. The molecule has 0 heterocycles. The Morgan fingerprint density at radius 2 is 1.85 bits per heavy atom. The van der Waals surface area contributed by atoms with Gasteiger partial charge >= 0.3 is 5.97 Å². The van der Waals surface area contributed by atoms with E-state index in [1.54, 1.807) is 6.92 Å². The average molecular weight is 302 g/mol. The fourth-order valence-electron chi connectivity index (χ4n) is 2.22. The van der Waals surface area contributed by atoms with Crippen molar-refractivity contribution in [2.45, 2.75) is 52.7 Å². The number of carboxylic acid groups (broad SMARTS) is 1. The van der Waals surface area contributed by atoms with Crippen LogP contribution in [0.15, 0.2) is 12.1 Å². The number of benzene rings is 1. The molecule has 0 aliphatic carbocycles. The van der Waals surface area contributed by atoms with Gasteiger partial charge in [-0.05, 0) is 43.9 Å². The molecule has 1 aromatic rings. The highest BCUT2D eigenvalue weighted by molar-refractivity contribution is 5.85. The van der Waals surface area contributed by atoms with E-state index in [2.05, 4.69) is 0 Å². The summed E-state index contributed by atoms with van der Waals surface area (Å²) in [6.45, 7) is 7.86. The molecule has 0 aliphatic rings. The van der Waals surface area contributed by atoms with Crippen molar-refractivity contribution in [1.29, 1.82) is 0 Å². The van der Waals surface area contributed by atoms with E-state index < -0.39 is 11.6 Å². The zero-order valence-corrected chi connectivity index (χ0v) is 13.3. The van der Waals surface area contributed by atoms with E-state index in [0.717, 1.165) is 23.1 Å². The van der Waals surface area contributed by atoms with Gasteiger partial charge in [0.1, 0.15) is 5.75 Å². The van der Waals surface area contributed by atoms with E-state index in [9.17, 15) is 9.90 Å². The molecule has 5 heteroatoms. The van der Waals surface area contributed by atoms with Crippen LogP contribution in [0, 0.1) is 13.8 Å². The van der Waals surface area contributed by atoms with E-state index >= 15 is 0 Å². The fourth-order valence-corrected chi connectivity index (χ4v) is 2.22. The van der Waals surface area contributed by atoms with Crippen LogP contribution in [-0.2, 0) is 11.3 Å². The molecule has 20 heavy (non-hydrogen) atoms. The van der Waals surface area contributed by atoms with E-state index in [-0.39, 0.29) is 12.4 Å². The van der Waals surface area contributed by atoms with Gasteiger partial charge in [-0.25, -0.2) is 4.79 Å². The van der Waals surface area contributed by atoms with Crippen molar-refractivity contribution in [2.24, 2.45) is 5.73 Å². The van der Waals surface area contributed by atoms with Gasteiger partial charge in [-0.2, -0.15) is 0 Å². The zero-order valence-electron chi connectivity index (χ0n) is 12.5. The van der Waals surface area contributed by atoms with Crippen molar-refractivity contribution < 1.29 is 14.6 Å². The van der Waals surface area contributed by atoms with Crippen LogP contribution in [-0.4, -0.2) is 16.7 Å². The van der Waals surface area contributed by atoms with Crippen LogP contribution >= 0.6 is 12.4 Å². The molecule has 0 amide bonds. The van der Waals surface area contributed by atoms with E-state index in [0.29, 0.717) is 18.7 Å². The van der Waals surface area contributed by atoms with Crippen molar-refractivity contribution in [3.8, 4) is 5.75 Å². The first-order valence-electron chi connectivity index (χ1n) is 6.56. The largest absolute Gasteiger partial charge is 0.478 e. The number of rotatable bonds is 6. The second-order valence-corrected chi connectivity index (χ2v) is 5.15. The lowest BCUT2D eigenvalue weighted by Crippen LogP contribution is -2.41. The molecule has 4 nitrogen and oxygen atoms in total. The second kappa shape index (κ2) is 7.50. The smallest absolute Gasteiger partial charge is 0.347 e. The Balaban J connectivity index is 0.00000361. The van der Waals surface area contributed by atoms with Crippen LogP contribution < -0.4 is 10.5 Å². The van der Waals surface area contributed by atoms with Crippen molar-refractivity contribution in [3.05, 3.63) is 28.8 Å². The fraction of sp³-hybridized carbons (Fsp3) is 0.533. The summed E-state index contributed by atoms with van der Waals surface area (Å²) in [6, 6.07) is 3.88. The molecule has 0 saturated carbocycles. The van der Waals surface area contributed by atoms with E-state index in [1.165, 1.54) is 0 Å². The summed E-state index contributed by atoms with van der Waals surface area (Å²) in [5, 5.41) is 9.36. The summed E-state index contributed by atoms with van der Waals surface area (Å²) in [4.78, 5) is 11.4. The molecule has 0 spiro atoms. The molecular weight excluding hydrogens is 278 g/mol. The first kappa shape index (κ1) is 18.7. The summed E-state index contributed by atoms with van der Waals surface area (Å²) in [6.07, 6.45) is 1.22. The van der Waals surface area contributed by atoms with Gasteiger partial charge in [-0.15, -0.1) is 12.4 Å². The third kappa shape index (κ3) is 4.12. The number of hydrogen-bond donors (Lipinski definition) is 2. The summed E-state index contributed by atoms with van der Waals surface area (Å²) < 4.78 is 5.82. The Morgan fingerprint density at radius 1 is 1.35 bits per heavy atom. The predicted molar refractivity (Wildman–Crippen MR) is 82.6 cm³/mol. The number of aliphatic carboxylic acids is 1. The van der Waals surface area contributed by atoms with E-state index in [1.807, 2.05) is 32.9 Å². The van der Waals surface area contributed by atoms with Gasteiger partial charge in [0, 0.05) is 6.54 Å². The van der Waals surface area contributed by atoms with Gasteiger partial charge in [-0.1, -0.05) is 25.5 Å². The number of halogens is 1. The molecule has 3 N–H and O–H groups in total. The van der Waals surface area contributed by atoms with Crippen LogP contribution in [0.2, 0.25) is 0 Å². The molecule has 0 bridgehead atoms. The number of carboxylic acids is 1. The topological polar surface area (TPSA) is 72.5 Å². The van der Waals surface area contributed by atoms with Crippen LogP contribution in [0.1, 0.15) is 43.4 Å². The molecule has 0 aliphatic heterocycles. The monoisotopic (exact) mass is 301 g/mol.